The molecule has 1 aliphatic rings. The molecule has 0 radical (unpaired) electrons. The first-order valence-corrected chi connectivity index (χ1v) is 6.89. The minimum atomic E-state index is -4.62. The van der Waals surface area contributed by atoms with Gasteiger partial charge in [0.25, 0.3) is 0 Å². The van der Waals surface area contributed by atoms with Crippen molar-refractivity contribution in [2.24, 2.45) is 0 Å². The zero-order valence-electron chi connectivity index (χ0n) is 11.7. The average Bonchev–Trinajstić information content (AvgIpc) is 2.44. The van der Waals surface area contributed by atoms with Gasteiger partial charge in [0.2, 0.25) is 0 Å². The van der Waals surface area contributed by atoms with Crippen LogP contribution in [0.2, 0.25) is 0 Å². The molecular formula is C14H18F4N2O. The van der Waals surface area contributed by atoms with Gasteiger partial charge < -0.3 is 10.4 Å². The van der Waals surface area contributed by atoms with E-state index in [0.29, 0.717) is 44.7 Å². The molecule has 0 bridgehead atoms. The average molecular weight is 306 g/mol. The van der Waals surface area contributed by atoms with E-state index < -0.39 is 29.3 Å². The number of nitrogens with one attached hydrogen (secondary N) is 1. The van der Waals surface area contributed by atoms with Gasteiger partial charge in [0.1, 0.15) is 0 Å². The molecule has 118 valence electrons. The third-order valence-corrected chi connectivity index (χ3v) is 3.79. The van der Waals surface area contributed by atoms with Crippen molar-refractivity contribution in [3.63, 3.8) is 0 Å². The fourth-order valence-corrected chi connectivity index (χ4v) is 2.80. The maximum atomic E-state index is 13.6. The molecule has 1 saturated heterocycles. The lowest BCUT2D eigenvalue weighted by atomic mass is 9.94. The fraction of sp³-hybridized carbons (Fsp3) is 0.571. The second-order valence-corrected chi connectivity index (χ2v) is 5.07. The van der Waals surface area contributed by atoms with Crippen molar-refractivity contribution in [1.29, 1.82) is 0 Å². The molecule has 1 heterocycles. The summed E-state index contributed by atoms with van der Waals surface area (Å²) in [6.45, 7) is 4.18. The molecule has 3 nitrogen and oxygen atoms in total. The SMILES string of the molecule is CC[C@H](c1c(C(F)(F)F)ccc(F)c1O)N1CCNCC1. The molecule has 1 fully saturated rings. The highest BCUT2D eigenvalue weighted by atomic mass is 19.4. The third kappa shape index (κ3) is 3.29. The van der Waals surface area contributed by atoms with Crippen molar-refractivity contribution in [2.45, 2.75) is 25.6 Å². The molecule has 2 rings (SSSR count). The summed E-state index contributed by atoms with van der Waals surface area (Å²) in [6, 6.07) is 0.709. The number of nitrogens with zero attached hydrogens (tertiary/aromatic N) is 1. The summed E-state index contributed by atoms with van der Waals surface area (Å²) in [5.74, 6) is -1.92. The van der Waals surface area contributed by atoms with E-state index in [2.05, 4.69) is 5.32 Å². The Balaban J connectivity index is 2.50. The summed E-state index contributed by atoms with van der Waals surface area (Å²) in [5, 5.41) is 13.0. The Morgan fingerprint density at radius 1 is 1.29 bits per heavy atom. The summed E-state index contributed by atoms with van der Waals surface area (Å²) < 4.78 is 53.0. The van der Waals surface area contributed by atoms with Crippen LogP contribution in [0, 0.1) is 5.82 Å². The molecule has 1 aromatic rings. The number of rotatable bonds is 3. The van der Waals surface area contributed by atoms with Crippen LogP contribution in [0.25, 0.3) is 0 Å². The van der Waals surface area contributed by atoms with Crippen molar-refractivity contribution < 1.29 is 22.7 Å². The summed E-state index contributed by atoms with van der Waals surface area (Å²) >= 11 is 0. The molecule has 1 aromatic carbocycles. The molecule has 7 heteroatoms. The lowest BCUT2D eigenvalue weighted by molar-refractivity contribution is -0.139. The number of alkyl halides is 3. The highest BCUT2D eigenvalue weighted by Gasteiger charge is 2.38. The van der Waals surface area contributed by atoms with Gasteiger partial charge in [0, 0.05) is 37.8 Å². The van der Waals surface area contributed by atoms with Crippen molar-refractivity contribution in [3.05, 3.63) is 29.1 Å². The molecule has 0 aliphatic carbocycles. The molecule has 0 aromatic heterocycles. The van der Waals surface area contributed by atoms with E-state index in [9.17, 15) is 22.7 Å². The van der Waals surface area contributed by atoms with Gasteiger partial charge in [-0.2, -0.15) is 13.2 Å². The normalized spacial score (nSPS) is 18.7. The Hall–Kier alpha value is -1.34. The topological polar surface area (TPSA) is 35.5 Å². The Morgan fingerprint density at radius 2 is 1.90 bits per heavy atom. The molecule has 2 N–H and O–H groups in total. The summed E-state index contributed by atoms with van der Waals surface area (Å²) in [7, 11) is 0. The molecule has 0 saturated carbocycles. The maximum Gasteiger partial charge on any atom is 0.416 e. The van der Waals surface area contributed by atoms with Crippen molar-refractivity contribution in [2.75, 3.05) is 26.2 Å². The Bertz CT molecular complexity index is 498. The summed E-state index contributed by atoms with van der Waals surface area (Å²) in [6.07, 6.45) is -4.26. The van der Waals surface area contributed by atoms with E-state index >= 15 is 0 Å². The second kappa shape index (κ2) is 6.19. The Morgan fingerprint density at radius 3 is 2.43 bits per heavy atom. The van der Waals surface area contributed by atoms with Gasteiger partial charge in [-0.3, -0.25) is 4.90 Å². The minimum Gasteiger partial charge on any atom is -0.505 e. The summed E-state index contributed by atoms with van der Waals surface area (Å²) in [5.41, 5.74) is -1.32. The first-order chi connectivity index (χ1) is 9.86. The van der Waals surface area contributed by atoms with Gasteiger partial charge in [-0.25, -0.2) is 4.39 Å². The smallest absolute Gasteiger partial charge is 0.416 e. The number of phenols is 1. The van der Waals surface area contributed by atoms with Gasteiger partial charge in [-0.15, -0.1) is 0 Å². The molecule has 1 atom stereocenters. The largest absolute Gasteiger partial charge is 0.505 e. The van der Waals surface area contributed by atoms with Crippen LogP contribution in [0.15, 0.2) is 12.1 Å². The van der Waals surface area contributed by atoms with Crippen LogP contribution in [0.3, 0.4) is 0 Å². The van der Waals surface area contributed by atoms with E-state index in [0.717, 1.165) is 0 Å². The highest BCUT2D eigenvalue weighted by Crippen LogP contribution is 2.42. The number of piperazine rings is 1. The Labute approximate surface area is 120 Å². The van der Waals surface area contributed by atoms with Crippen molar-refractivity contribution in [1.82, 2.24) is 10.2 Å². The quantitative estimate of drug-likeness (QED) is 0.843. The monoisotopic (exact) mass is 306 g/mol. The number of aromatic hydroxyl groups is 1. The van der Waals surface area contributed by atoms with Gasteiger partial charge >= 0.3 is 6.18 Å². The van der Waals surface area contributed by atoms with Crippen LogP contribution < -0.4 is 5.32 Å². The number of hydrogen-bond acceptors (Lipinski definition) is 3. The lowest BCUT2D eigenvalue weighted by Crippen LogP contribution is -2.45. The molecule has 0 unspecified atom stereocenters. The predicted molar refractivity (Wildman–Crippen MR) is 70.5 cm³/mol. The second-order valence-electron chi connectivity index (χ2n) is 5.07. The Kier molecular flexibility index (Phi) is 4.73. The van der Waals surface area contributed by atoms with Crippen LogP contribution in [0.4, 0.5) is 17.6 Å². The van der Waals surface area contributed by atoms with Crippen molar-refractivity contribution in [3.8, 4) is 5.75 Å². The summed E-state index contributed by atoms with van der Waals surface area (Å²) in [4.78, 5) is 1.85. The van der Waals surface area contributed by atoms with Gasteiger partial charge in [0.05, 0.1) is 5.56 Å². The van der Waals surface area contributed by atoms with Gasteiger partial charge in [-0.1, -0.05) is 6.92 Å². The van der Waals surface area contributed by atoms with Gasteiger partial charge in [-0.05, 0) is 18.6 Å². The molecule has 1 aliphatic heterocycles. The van der Waals surface area contributed by atoms with E-state index in [1.54, 1.807) is 6.92 Å². The number of benzene rings is 1. The molecule has 0 amide bonds. The number of phenolic OH excluding ortho intramolecular Hbond substituents is 1. The van der Waals surface area contributed by atoms with E-state index in [4.69, 9.17) is 0 Å². The minimum absolute atomic E-state index is 0.355. The standard InChI is InChI=1S/C14H18F4N2O/c1-2-11(20-7-5-19-6-8-20)12-9(14(16,17)18)3-4-10(15)13(12)21/h3-4,11,19,21H,2,5-8H2,1H3/t11-/m1/s1. The third-order valence-electron chi connectivity index (χ3n) is 3.79. The molecular weight excluding hydrogens is 288 g/mol. The van der Waals surface area contributed by atoms with Crippen molar-refractivity contribution >= 4 is 0 Å². The highest BCUT2D eigenvalue weighted by molar-refractivity contribution is 5.44. The first-order valence-electron chi connectivity index (χ1n) is 6.89. The molecule has 21 heavy (non-hydrogen) atoms. The lowest BCUT2D eigenvalue weighted by Gasteiger charge is -2.36. The maximum absolute atomic E-state index is 13.6. The van der Waals surface area contributed by atoms with Crippen LogP contribution >= 0.6 is 0 Å². The first kappa shape index (κ1) is 16.0. The van der Waals surface area contributed by atoms with Crippen LogP contribution in [0.5, 0.6) is 5.75 Å². The number of halogens is 4. The van der Waals surface area contributed by atoms with E-state index in [1.165, 1.54) is 0 Å². The van der Waals surface area contributed by atoms with E-state index in [-0.39, 0.29) is 5.56 Å². The fourth-order valence-electron chi connectivity index (χ4n) is 2.80. The molecule has 0 spiro atoms. The predicted octanol–water partition coefficient (Wildman–Crippen LogP) is 2.91. The van der Waals surface area contributed by atoms with Gasteiger partial charge in [0.15, 0.2) is 11.6 Å². The van der Waals surface area contributed by atoms with Crippen LogP contribution in [-0.2, 0) is 6.18 Å². The van der Waals surface area contributed by atoms with Crippen LogP contribution in [0.1, 0.15) is 30.5 Å². The zero-order valence-corrected chi connectivity index (χ0v) is 11.7. The van der Waals surface area contributed by atoms with Crippen LogP contribution in [-0.4, -0.2) is 36.2 Å². The number of hydrogen-bond donors (Lipinski definition) is 2. The van der Waals surface area contributed by atoms with E-state index in [1.807, 2.05) is 4.90 Å². The zero-order chi connectivity index (χ0) is 15.6.